The van der Waals surface area contributed by atoms with Crippen LogP contribution in [0.1, 0.15) is 24.1 Å². The molecule has 2 aromatic carbocycles. The van der Waals surface area contributed by atoms with Gasteiger partial charge in [-0.05, 0) is 30.7 Å². The number of fused-ring (bicyclic) bond motifs is 1. The van der Waals surface area contributed by atoms with Gasteiger partial charge in [0.1, 0.15) is 5.75 Å². The summed E-state index contributed by atoms with van der Waals surface area (Å²) in [6.45, 7) is 2.99. The Morgan fingerprint density at radius 1 is 1.10 bits per heavy atom. The summed E-state index contributed by atoms with van der Waals surface area (Å²) in [5.41, 5.74) is 3.66. The second kappa shape index (κ2) is 6.02. The summed E-state index contributed by atoms with van der Waals surface area (Å²) in [6, 6.07) is 16.9. The SMILES string of the molecule is COc1ccccc1C(C)NCc1cccc2[nH]ccc12. The van der Waals surface area contributed by atoms with E-state index in [1.165, 1.54) is 22.0 Å². The molecule has 0 saturated carbocycles. The van der Waals surface area contributed by atoms with Crippen LogP contribution in [0.4, 0.5) is 0 Å². The average Bonchev–Trinajstić information content (AvgIpc) is 3.01. The van der Waals surface area contributed by atoms with Gasteiger partial charge < -0.3 is 15.0 Å². The minimum atomic E-state index is 0.232. The van der Waals surface area contributed by atoms with Crippen LogP contribution in [0, 0.1) is 0 Å². The molecule has 0 aliphatic heterocycles. The topological polar surface area (TPSA) is 37.0 Å². The van der Waals surface area contributed by atoms with Gasteiger partial charge in [0, 0.05) is 35.2 Å². The molecule has 1 heterocycles. The molecule has 3 aromatic rings. The number of aromatic amines is 1. The zero-order valence-corrected chi connectivity index (χ0v) is 12.4. The molecule has 0 spiro atoms. The number of hydrogen-bond acceptors (Lipinski definition) is 2. The molecule has 0 aliphatic rings. The van der Waals surface area contributed by atoms with Crippen molar-refractivity contribution in [1.82, 2.24) is 10.3 Å². The van der Waals surface area contributed by atoms with Crippen molar-refractivity contribution in [2.75, 3.05) is 7.11 Å². The lowest BCUT2D eigenvalue weighted by Crippen LogP contribution is -2.18. The fourth-order valence-electron chi connectivity index (χ4n) is 2.70. The lowest BCUT2D eigenvalue weighted by atomic mass is 10.1. The summed E-state index contributed by atoms with van der Waals surface area (Å²) in [7, 11) is 1.71. The standard InChI is InChI=1S/C18H20N2O/c1-13(15-7-3-4-9-18(15)21-2)20-12-14-6-5-8-17-16(14)10-11-19-17/h3-11,13,19-20H,12H2,1-2H3. The molecule has 108 valence electrons. The quantitative estimate of drug-likeness (QED) is 0.740. The molecule has 3 rings (SSSR count). The molecular formula is C18H20N2O. The molecule has 1 unspecified atom stereocenters. The van der Waals surface area contributed by atoms with Crippen LogP contribution >= 0.6 is 0 Å². The van der Waals surface area contributed by atoms with E-state index in [2.05, 4.69) is 47.6 Å². The summed E-state index contributed by atoms with van der Waals surface area (Å²) >= 11 is 0. The Morgan fingerprint density at radius 3 is 2.81 bits per heavy atom. The van der Waals surface area contributed by atoms with Crippen molar-refractivity contribution >= 4 is 10.9 Å². The van der Waals surface area contributed by atoms with Crippen molar-refractivity contribution in [3.8, 4) is 5.75 Å². The first-order valence-electron chi connectivity index (χ1n) is 7.21. The van der Waals surface area contributed by atoms with Crippen LogP contribution in [0.2, 0.25) is 0 Å². The number of rotatable bonds is 5. The van der Waals surface area contributed by atoms with Gasteiger partial charge >= 0.3 is 0 Å². The van der Waals surface area contributed by atoms with Gasteiger partial charge in [-0.3, -0.25) is 0 Å². The highest BCUT2D eigenvalue weighted by Gasteiger charge is 2.10. The summed E-state index contributed by atoms with van der Waals surface area (Å²) in [4.78, 5) is 3.25. The average molecular weight is 280 g/mol. The molecule has 0 aliphatic carbocycles. The lowest BCUT2D eigenvalue weighted by Gasteiger charge is -2.17. The number of hydrogen-bond donors (Lipinski definition) is 2. The lowest BCUT2D eigenvalue weighted by molar-refractivity contribution is 0.401. The summed E-state index contributed by atoms with van der Waals surface area (Å²) in [6.07, 6.45) is 1.98. The van der Waals surface area contributed by atoms with E-state index in [0.29, 0.717) is 0 Å². The maximum atomic E-state index is 5.43. The number of para-hydroxylation sites is 1. The highest BCUT2D eigenvalue weighted by Crippen LogP contribution is 2.25. The number of H-pyrrole nitrogens is 1. The Labute approximate surface area is 125 Å². The number of aromatic nitrogens is 1. The Bertz CT molecular complexity index is 733. The van der Waals surface area contributed by atoms with Gasteiger partial charge in [0.2, 0.25) is 0 Å². The van der Waals surface area contributed by atoms with Gasteiger partial charge in [0.25, 0.3) is 0 Å². The van der Waals surface area contributed by atoms with Crippen molar-refractivity contribution in [3.63, 3.8) is 0 Å². The van der Waals surface area contributed by atoms with Gasteiger partial charge in [-0.2, -0.15) is 0 Å². The van der Waals surface area contributed by atoms with Gasteiger partial charge in [-0.25, -0.2) is 0 Å². The maximum Gasteiger partial charge on any atom is 0.123 e. The van der Waals surface area contributed by atoms with Crippen molar-refractivity contribution in [2.45, 2.75) is 19.5 Å². The first kappa shape index (κ1) is 13.7. The number of nitrogens with one attached hydrogen (secondary N) is 2. The minimum Gasteiger partial charge on any atom is -0.496 e. The van der Waals surface area contributed by atoms with Crippen LogP contribution in [-0.2, 0) is 6.54 Å². The summed E-state index contributed by atoms with van der Waals surface area (Å²) in [5.74, 6) is 0.928. The number of methoxy groups -OCH3 is 1. The van der Waals surface area contributed by atoms with Crippen molar-refractivity contribution in [3.05, 3.63) is 65.9 Å². The molecule has 21 heavy (non-hydrogen) atoms. The van der Waals surface area contributed by atoms with Crippen LogP contribution in [0.25, 0.3) is 10.9 Å². The molecule has 1 aromatic heterocycles. The molecular weight excluding hydrogens is 260 g/mol. The van der Waals surface area contributed by atoms with Gasteiger partial charge in [-0.15, -0.1) is 0 Å². The first-order chi connectivity index (χ1) is 10.3. The molecule has 0 amide bonds. The van der Waals surface area contributed by atoms with Gasteiger partial charge in [0.05, 0.1) is 7.11 Å². The molecule has 0 radical (unpaired) electrons. The van der Waals surface area contributed by atoms with Crippen LogP contribution in [0.15, 0.2) is 54.7 Å². The molecule has 1 atom stereocenters. The van der Waals surface area contributed by atoms with Gasteiger partial charge in [-0.1, -0.05) is 30.3 Å². The maximum absolute atomic E-state index is 5.43. The predicted molar refractivity (Wildman–Crippen MR) is 86.5 cm³/mol. The molecule has 0 fully saturated rings. The van der Waals surface area contributed by atoms with E-state index in [9.17, 15) is 0 Å². The Morgan fingerprint density at radius 2 is 1.95 bits per heavy atom. The van der Waals surface area contributed by atoms with E-state index < -0.39 is 0 Å². The minimum absolute atomic E-state index is 0.232. The summed E-state index contributed by atoms with van der Waals surface area (Å²) < 4.78 is 5.43. The highest BCUT2D eigenvalue weighted by atomic mass is 16.5. The number of ether oxygens (including phenoxy) is 1. The van der Waals surface area contributed by atoms with E-state index >= 15 is 0 Å². The Balaban J connectivity index is 1.77. The largest absolute Gasteiger partial charge is 0.496 e. The zero-order valence-electron chi connectivity index (χ0n) is 12.4. The monoisotopic (exact) mass is 280 g/mol. The molecule has 0 bridgehead atoms. The zero-order chi connectivity index (χ0) is 14.7. The molecule has 3 heteroatoms. The fraction of sp³-hybridized carbons (Fsp3) is 0.222. The molecule has 3 nitrogen and oxygen atoms in total. The van der Waals surface area contributed by atoms with Crippen molar-refractivity contribution in [1.29, 1.82) is 0 Å². The fourth-order valence-corrected chi connectivity index (χ4v) is 2.70. The van der Waals surface area contributed by atoms with Crippen molar-refractivity contribution < 1.29 is 4.74 Å². The third kappa shape index (κ3) is 2.78. The third-order valence-electron chi connectivity index (χ3n) is 3.89. The van der Waals surface area contributed by atoms with Crippen LogP contribution in [0.5, 0.6) is 5.75 Å². The second-order valence-corrected chi connectivity index (χ2v) is 5.20. The number of benzene rings is 2. The van der Waals surface area contributed by atoms with Crippen LogP contribution in [0.3, 0.4) is 0 Å². The van der Waals surface area contributed by atoms with Crippen molar-refractivity contribution in [2.24, 2.45) is 0 Å². The second-order valence-electron chi connectivity index (χ2n) is 5.20. The van der Waals surface area contributed by atoms with E-state index in [-0.39, 0.29) is 6.04 Å². The molecule has 2 N–H and O–H groups in total. The highest BCUT2D eigenvalue weighted by molar-refractivity contribution is 5.82. The van der Waals surface area contributed by atoms with E-state index in [0.717, 1.165) is 12.3 Å². The van der Waals surface area contributed by atoms with Gasteiger partial charge in [0.15, 0.2) is 0 Å². The third-order valence-corrected chi connectivity index (χ3v) is 3.89. The Hall–Kier alpha value is -2.26. The summed E-state index contributed by atoms with van der Waals surface area (Å²) in [5, 5.41) is 4.85. The predicted octanol–water partition coefficient (Wildman–Crippen LogP) is 4.03. The van der Waals surface area contributed by atoms with E-state index in [4.69, 9.17) is 4.74 Å². The molecule has 0 saturated heterocycles. The van der Waals surface area contributed by atoms with Crippen LogP contribution in [-0.4, -0.2) is 12.1 Å². The Kier molecular flexibility index (Phi) is 3.93. The van der Waals surface area contributed by atoms with E-state index in [1.807, 2.05) is 24.4 Å². The smallest absolute Gasteiger partial charge is 0.123 e. The first-order valence-corrected chi connectivity index (χ1v) is 7.21. The normalized spacial score (nSPS) is 12.5. The van der Waals surface area contributed by atoms with Crippen LogP contribution < -0.4 is 10.1 Å². The van der Waals surface area contributed by atoms with E-state index in [1.54, 1.807) is 7.11 Å².